The van der Waals surface area contributed by atoms with Crippen LogP contribution in [-0.4, -0.2) is 31.9 Å². The molecular formula is C17H15N5O. The van der Waals surface area contributed by atoms with E-state index >= 15 is 0 Å². The molecule has 6 heteroatoms. The highest BCUT2D eigenvalue weighted by Gasteiger charge is 2.17. The Morgan fingerprint density at radius 3 is 2.87 bits per heavy atom. The molecule has 0 aliphatic rings. The summed E-state index contributed by atoms with van der Waals surface area (Å²) >= 11 is 0. The van der Waals surface area contributed by atoms with Gasteiger partial charge in [0.1, 0.15) is 0 Å². The number of methoxy groups -OCH3 is 1. The van der Waals surface area contributed by atoms with Gasteiger partial charge >= 0.3 is 0 Å². The Kier molecular flexibility index (Phi) is 3.15. The summed E-state index contributed by atoms with van der Waals surface area (Å²) in [5.74, 6) is 1.37. The van der Waals surface area contributed by atoms with Crippen LogP contribution in [0, 0.1) is 0 Å². The van der Waals surface area contributed by atoms with Gasteiger partial charge < -0.3 is 4.74 Å². The summed E-state index contributed by atoms with van der Waals surface area (Å²) in [6.45, 7) is 2.09. The van der Waals surface area contributed by atoms with E-state index in [1.54, 1.807) is 23.9 Å². The number of ether oxygens (including phenoxy) is 1. The number of hydrogen-bond acceptors (Lipinski definition) is 5. The van der Waals surface area contributed by atoms with Gasteiger partial charge in [0.15, 0.2) is 11.5 Å². The lowest BCUT2D eigenvalue weighted by atomic mass is 9.98. The van der Waals surface area contributed by atoms with Crippen LogP contribution in [0.25, 0.3) is 16.6 Å². The fourth-order valence-corrected chi connectivity index (χ4v) is 2.68. The molecular weight excluding hydrogens is 290 g/mol. The van der Waals surface area contributed by atoms with Crippen molar-refractivity contribution in [2.45, 2.75) is 12.8 Å². The normalized spacial score (nSPS) is 12.6. The van der Waals surface area contributed by atoms with Gasteiger partial charge in [-0.25, -0.2) is 0 Å². The Hall–Kier alpha value is -3.02. The molecule has 0 aliphatic carbocycles. The zero-order valence-corrected chi connectivity index (χ0v) is 12.8. The van der Waals surface area contributed by atoms with E-state index < -0.39 is 0 Å². The molecule has 6 nitrogen and oxygen atoms in total. The maximum Gasteiger partial charge on any atom is 0.231 e. The molecule has 3 heterocycles. The predicted octanol–water partition coefficient (Wildman–Crippen LogP) is 2.83. The van der Waals surface area contributed by atoms with Crippen molar-refractivity contribution in [1.29, 1.82) is 0 Å². The SMILES string of the molecule is COc1ccc2nnc(C(C)c3ccc4ncccc4c3)n2n1. The molecule has 0 saturated carbocycles. The van der Waals surface area contributed by atoms with Crippen molar-refractivity contribution in [2.75, 3.05) is 7.11 Å². The lowest BCUT2D eigenvalue weighted by Gasteiger charge is -2.11. The van der Waals surface area contributed by atoms with Gasteiger partial charge in [-0.05, 0) is 29.8 Å². The average molecular weight is 305 g/mol. The zero-order chi connectivity index (χ0) is 15.8. The van der Waals surface area contributed by atoms with Gasteiger partial charge in [0.05, 0.1) is 12.6 Å². The number of fused-ring (bicyclic) bond motifs is 2. The Morgan fingerprint density at radius 1 is 1.09 bits per heavy atom. The third-order valence-electron chi connectivity index (χ3n) is 3.99. The van der Waals surface area contributed by atoms with E-state index in [-0.39, 0.29) is 5.92 Å². The first-order valence-electron chi connectivity index (χ1n) is 7.37. The molecule has 1 aromatic carbocycles. The van der Waals surface area contributed by atoms with E-state index in [2.05, 4.69) is 45.4 Å². The smallest absolute Gasteiger partial charge is 0.231 e. The molecule has 0 spiro atoms. The maximum atomic E-state index is 5.19. The number of nitrogens with zero attached hydrogens (tertiary/aromatic N) is 5. The van der Waals surface area contributed by atoms with E-state index in [0.717, 1.165) is 22.3 Å². The van der Waals surface area contributed by atoms with Crippen LogP contribution in [0.15, 0.2) is 48.7 Å². The summed E-state index contributed by atoms with van der Waals surface area (Å²) in [5, 5.41) is 14.0. The molecule has 1 atom stereocenters. The largest absolute Gasteiger partial charge is 0.480 e. The lowest BCUT2D eigenvalue weighted by Crippen LogP contribution is -2.05. The number of benzene rings is 1. The number of rotatable bonds is 3. The van der Waals surface area contributed by atoms with Gasteiger partial charge in [0, 0.05) is 23.6 Å². The van der Waals surface area contributed by atoms with Crippen LogP contribution in [0.2, 0.25) is 0 Å². The first-order chi connectivity index (χ1) is 11.3. The van der Waals surface area contributed by atoms with Crippen LogP contribution in [0.4, 0.5) is 0 Å². The van der Waals surface area contributed by atoms with Crippen molar-refractivity contribution >= 4 is 16.6 Å². The maximum absolute atomic E-state index is 5.19. The zero-order valence-electron chi connectivity index (χ0n) is 12.8. The molecule has 4 aromatic rings. The third kappa shape index (κ3) is 2.28. The van der Waals surface area contributed by atoms with Crippen molar-refractivity contribution in [1.82, 2.24) is 24.8 Å². The van der Waals surface area contributed by atoms with E-state index in [4.69, 9.17) is 4.74 Å². The number of hydrogen-bond donors (Lipinski definition) is 0. The minimum atomic E-state index is 0.0502. The quantitative estimate of drug-likeness (QED) is 0.582. The highest BCUT2D eigenvalue weighted by atomic mass is 16.5. The first-order valence-corrected chi connectivity index (χ1v) is 7.37. The van der Waals surface area contributed by atoms with Crippen LogP contribution in [0.1, 0.15) is 24.2 Å². The fraction of sp³-hybridized carbons (Fsp3) is 0.176. The van der Waals surface area contributed by atoms with Gasteiger partial charge in [-0.15, -0.1) is 15.3 Å². The van der Waals surface area contributed by atoms with Crippen LogP contribution >= 0.6 is 0 Å². The van der Waals surface area contributed by atoms with Crippen molar-refractivity contribution in [3.63, 3.8) is 0 Å². The molecule has 3 aromatic heterocycles. The van der Waals surface area contributed by atoms with Crippen LogP contribution in [0.3, 0.4) is 0 Å². The van der Waals surface area contributed by atoms with Crippen molar-refractivity contribution in [3.05, 3.63) is 60.0 Å². The monoisotopic (exact) mass is 305 g/mol. The molecule has 0 radical (unpaired) electrons. The standard InChI is InChI=1S/C17H15N5O/c1-11(12-5-6-14-13(10-12)4-3-9-18-14)17-20-19-15-7-8-16(23-2)21-22(15)17/h3-11H,1-2H3. The summed E-state index contributed by atoms with van der Waals surface area (Å²) in [4.78, 5) is 4.35. The molecule has 4 rings (SSSR count). The Bertz CT molecular complexity index is 995. The minimum absolute atomic E-state index is 0.0502. The minimum Gasteiger partial charge on any atom is -0.480 e. The summed E-state index contributed by atoms with van der Waals surface area (Å²) < 4.78 is 6.93. The molecule has 0 amide bonds. The molecule has 0 N–H and O–H groups in total. The molecule has 0 bridgehead atoms. The molecule has 0 fully saturated rings. The highest BCUT2D eigenvalue weighted by molar-refractivity contribution is 5.79. The van der Waals surface area contributed by atoms with Crippen molar-refractivity contribution < 1.29 is 4.74 Å². The van der Waals surface area contributed by atoms with Crippen LogP contribution < -0.4 is 4.74 Å². The summed E-state index contributed by atoms with van der Waals surface area (Å²) in [6.07, 6.45) is 1.80. The topological polar surface area (TPSA) is 65.2 Å². The fourth-order valence-electron chi connectivity index (χ4n) is 2.68. The second-order valence-electron chi connectivity index (χ2n) is 5.38. The van der Waals surface area contributed by atoms with E-state index in [0.29, 0.717) is 11.5 Å². The average Bonchev–Trinajstić information content (AvgIpc) is 3.03. The number of pyridine rings is 1. The van der Waals surface area contributed by atoms with E-state index in [9.17, 15) is 0 Å². The van der Waals surface area contributed by atoms with Gasteiger partial charge in [-0.2, -0.15) is 4.52 Å². The molecule has 114 valence electrons. The van der Waals surface area contributed by atoms with E-state index in [1.807, 2.05) is 18.2 Å². The summed E-state index contributed by atoms with van der Waals surface area (Å²) in [7, 11) is 1.60. The third-order valence-corrected chi connectivity index (χ3v) is 3.99. The molecule has 1 unspecified atom stereocenters. The Morgan fingerprint density at radius 2 is 2.00 bits per heavy atom. The molecule has 23 heavy (non-hydrogen) atoms. The van der Waals surface area contributed by atoms with Crippen LogP contribution in [-0.2, 0) is 0 Å². The second kappa shape index (κ2) is 5.31. The van der Waals surface area contributed by atoms with Crippen molar-refractivity contribution in [3.8, 4) is 5.88 Å². The number of aromatic nitrogens is 5. The summed E-state index contributed by atoms with van der Waals surface area (Å²) in [5.41, 5.74) is 2.83. The molecule has 0 aliphatic heterocycles. The van der Waals surface area contributed by atoms with Crippen molar-refractivity contribution in [2.24, 2.45) is 0 Å². The van der Waals surface area contributed by atoms with Gasteiger partial charge in [-0.1, -0.05) is 19.1 Å². The van der Waals surface area contributed by atoms with E-state index in [1.165, 1.54) is 0 Å². The van der Waals surface area contributed by atoms with Gasteiger partial charge in [0.2, 0.25) is 5.88 Å². The summed E-state index contributed by atoms with van der Waals surface area (Å²) in [6, 6.07) is 13.9. The molecule has 0 saturated heterocycles. The first kappa shape index (κ1) is 13.6. The van der Waals surface area contributed by atoms with Gasteiger partial charge in [0.25, 0.3) is 0 Å². The second-order valence-corrected chi connectivity index (χ2v) is 5.38. The van der Waals surface area contributed by atoms with Crippen LogP contribution in [0.5, 0.6) is 5.88 Å². The van der Waals surface area contributed by atoms with Gasteiger partial charge in [-0.3, -0.25) is 4.98 Å². The highest BCUT2D eigenvalue weighted by Crippen LogP contribution is 2.25. The lowest BCUT2D eigenvalue weighted by molar-refractivity contribution is 0.389. The Balaban J connectivity index is 1.82. The Labute approximate surface area is 132 Å². The predicted molar refractivity (Wildman–Crippen MR) is 86.6 cm³/mol.